The fourth-order valence-corrected chi connectivity index (χ4v) is 11.2. The minimum Gasteiger partial charge on any atom is -0.488 e. The van der Waals surface area contributed by atoms with Crippen LogP contribution in [0.15, 0.2) is 106 Å². The molecule has 0 bridgehead atoms. The van der Waals surface area contributed by atoms with E-state index >= 15 is 0 Å². The lowest BCUT2D eigenvalue weighted by Crippen LogP contribution is -2.57. The zero-order chi connectivity index (χ0) is 63.5. The minimum absolute atomic E-state index is 0.0132. The number of fused-ring (bicyclic) bond motifs is 2. The highest BCUT2D eigenvalue weighted by molar-refractivity contribution is 7.90. The average Bonchev–Trinajstić information content (AvgIpc) is 1.58. The Labute approximate surface area is 502 Å². The van der Waals surface area contributed by atoms with E-state index in [1.807, 2.05) is 71.0 Å². The van der Waals surface area contributed by atoms with Gasteiger partial charge in [0.1, 0.15) is 46.4 Å². The molecular weight excluding hydrogens is 1120 g/mol. The number of benzene rings is 5. The van der Waals surface area contributed by atoms with Crippen molar-refractivity contribution in [1.82, 2.24) is 31.3 Å². The molecule has 0 saturated heterocycles. The number of amides is 5. The highest BCUT2D eigenvalue weighted by Gasteiger charge is 2.37. The van der Waals surface area contributed by atoms with Crippen molar-refractivity contribution in [3.05, 3.63) is 130 Å². The summed E-state index contributed by atoms with van der Waals surface area (Å²) < 4.78 is 47.6. The van der Waals surface area contributed by atoms with Gasteiger partial charge in [0, 0.05) is 31.4 Å². The second kappa shape index (κ2) is 28.0. The highest BCUT2D eigenvalue weighted by atomic mass is 32.2. The van der Waals surface area contributed by atoms with Gasteiger partial charge < -0.3 is 57.8 Å². The van der Waals surface area contributed by atoms with Crippen LogP contribution in [-0.2, 0) is 64.4 Å². The molecule has 1 heterocycles. The first-order chi connectivity index (χ1) is 40.2. The lowest BCUT2D eigenvalue weighted by Gasteiger charge is -2.24. The van der Waals surface area contributed by atoms with Gasteiger partial charge >= 0.3 is 12.1 Å². The number of carboxylic acid groups (broad SMARTS) is 1. The van der Waals surface area contributed by atoms with Crippen LogP contribution in [0.2, 0.25) is 0 Å². The molecule has 1 aliphatic rings. The number of nitrogens with zero attached hydrogens (tertiary/aromatic N) is 2. The maximum absolute atomic E-state index is 14.6. The molecule has 13 N–H and O–H groups in total. The number of ether oxygens (including phenoxy) is 3. The third-order valence-corrected chi connectivity index (χ3v) is 15.3. The molecule has 0 unspecified atom stereocenters. The molecule has 0 fully saturated rings. The first-order valence-corrected chi connectivity index (χ1v) is 29.6. The molecule has 5 aromatic rings. The largest absolute Gasteiger partial charge is 0.488 e. The standard InChI is InChI=1S/C62H81N11O12S/c1-35-36(2)52(37(3)45-33-62(10,11)84-51(35)45)86(81,82)73-57(64)66-28-14-17-47(70-53(75)46(63)30-38-19-24-43(25-20-38)68-58(65)72-59(80)85-61(7,8)9)55(77)71-48(32-40-18-23-41-15-12-13-16-42(41)29-40)54(76)67-34-50(74)69-49(56(78)79)31-39-21-26-44(27-22-39)83-60(4,5)6/h12-13,15-16,18-27,29,46-49H,14,17,28,30-34,63H2,1-11H3,(H,67,76)(H,69,74)(H,70,75)(H,71,77)(H,78,79)(H3,64,66,73)(H3,65,68,72,80)/t46-,47-,48-,49+/m0/s1. The summed E-state index contributed by atoms with van der Waals surface area (Å²) in [6, 6.07) is 21.0. The van der Waals surface area contributed by atoms with Crippen LogP contribution in [0.25, 0.3) is 10.8 Å². The Bertz CT molecular complexity index is 3500. The van der Waals surface area contributed by atoms with Crippen LogP contribution in [0.5, 0.6) is 11.5 Å². The lowest BCUT2D eigenvalue weighted by molar-refractivity contribution is -0.141. The van der Waals surface area contributed by atoms with Crippen molar-refractivity contribution in [1.29, 1.82) is 0 Å². The Balaban J connectivity index is 1.20. The normalized spacial score (nSPS) is 14.7. The van der Waals surface area contributed by atoms with Crippen LogP contribution in [0, 0.1) is 20.8 Å². The zero-order valence-corrected chi connectivity index (χ0v) is 51.4. The van der Waals surface area contributed by atoms with Crippen molar-refractivity contribution in [3.8, 4) is 11.5 Å². The Morgan fingerprint density at radius 2 is 1.31 bits per heavy atom. The molecule has 24 heteroatoms. The van der Waals surface area contributed by atoms with Gasteiger partial charge in [-0.3, -0.25) is 29.5 Å². The lowest BCUT2D eigenvalue weighted by atomic mass is 9.94. The summed E-state index contributed by atoms with van der Waals surface area (Å²) in [5.41, 5.74) is 21.6. The molecule has 23 nitrogen and oxygen atoms in total. The van der Waals surface area contributed by atoms with E-state index in [9.17, 15) is 42.3 Å². The Hall–Kier alpha value is -8.77. The monoisotopic (exact) mass is 1200 g/mol. The van der Waals surface area contributed by atoms with Crippen LogP contribution in [-0.4, -0.2) is 115 Å². The third kappa shape index (κ3) is 19.4. The number of nitrogens with two attached hydrogens (primary N) is 3. The predicted octanol–water partition coefficient (Wildman–Crippen LogP) is 5.21. The molecule has 0 spiro atoms. The molecule has 6 rings (SSSR count). The molecule has 86 heavy (non-hydrogen) atoms. The summed E-state index contributed by atoms with van der Waals surface area (Å²) >= 11 is 0. The summed E-state index contributed by atoms with van der Waals surface area (Å²) in [6.07, 6.45) is -0.535. The number of nitrogens with one attached hydrogen (secondary N) is 6. The number of aliphatic carboxylic acids is 1. The molecule has 1 aliphatic heterocycles. The fourth-order valence-electron chi connectivity index (χ4n) is 9.64. The van der Waals surface area contributed by atoms with Gasteiger partial charge in [0.05, 0.1) is 23.2 Å². The zero-order valence-electron chi connectivity index (χ0n) is 50.6. The van der Waals surface area contributed by atoms with Gasteiger partial charge in [-0.25, -0.2) is 27.7 Å². The number of alkyl carbamates (subject to hydrolysis) is 1. The summed E-state index contributed by atoms with van der Waals surface area (Å²) in [7, 11) is -4.26. The number of guanidine groups is 2. The van der Waals surface area contributed by atoms with Crippen molar-refractivity contribution in [2.24, 2.45) is 27.2 Å². The number of carbonyl (C=O) groups excluding carboxylic acids is 5. The number of carbonyl (C=O) groups is 6. The topological polar surface area (TPSA) is 359 Å². The van der Waals surface area contributed by atoms with Gasteiger partial charge in [-0.15, -0.1) is 0 Å². The summed E-state index contributed by atoms with van der Waals surface area (Å²) in [5.74, 6) is -3.88. The Morgan fingerprint density at radius 1 is 0.709 bits per heavy atom. The number of sulfonamides is 1. The van der Waals surface area contributed by atoms with E-state index in [-0.39, 0.29) is 49.5 Å². The van der Waals surface area contributed by atoms with E-state index in [4.69, 9.17) is 31.4 Å². The second-order valence-corrected chi connectivity index (χ2v) is 25.5. The summed E-state index contributed by atoms with van der Waals surface area (Å²) in [4.78, 5) is 89.3. The molecule has 0 aromatic heterocycles. The first kappa shape index (κ1) is 66.4. The van der Waals surface area contributed by atoms with E-state index in [1.54, 1.807) is 96.1 Å². The highest BCUT2D eigenvalue weighted by Crippen LogP contribution is 2.43. The number of rotatable bonds is 23. The summed E-state index contributed by atoms with van der Waals surface area (Å²) in [5, 5.41) is 24.7. The fraction of sp³-hybridized carbons (Fsp3) is 0.419. The van der Waals surface area contributed by atoms with Gasteiger partial charge in [0.2, 0.25) is 35.5 Å². The molecule has 4 atom stereocenters. The van der Waals surface area contributed by atoms with E-state index in [1.165, 1.54) is 0 Å². The van der Waals surface area contributed by atoms with E-state index < -0.39 is 99.2 Å². The predicted molar refractivity (Wildman–Crippen MR) is 328 cm³/mol. The van der Waals surface area contributed by atoms with Crippen molar-refractivity contribution in [3.63, 3.8) is 0 Å². The molecule has 5 amide bonds. The maximum Gasteiger partial charge on any atom is 0.414 e. The van der Waals surface area contributed by atoms with Crippen LogP contribution in [0.4, 0.5) is 10.5 Å². The average molecular weight is 1200 g/mol. The minimum atomic E-state index is -4.26. The molecule has 0 saturated carbocycles. The van der Waals surface area contributed by atoms with Crippen molar-refractivity contribution < 1.29 is 56.5 Å². The smallest absolute Gasteiger partial charge is 0.414 e. The summed E-state index contributed by atoms with van der Waals surface area (Å²) in [6.45, 7) is 19.1. The van der Waals surface area contributed by atoms with Gasteiger partial charge in [-0.05, 0) is 164 Å². The number of carboxylic acids is 1. The van der Waals surface area contributed by atoms with Crippen molar-refractivity contribution in [2.75, 3.05) is 13.1 Å². The molecule has 5 aromatic carbocycles. The third-order valence-electron chi connectivity index (χ3n) is 13.7. The molecule has 0 radical (unpaired) electrons. The van der Waals surface area contributed by atoms with Gasteiger partial charge in [0.15, 0.2) is 0 Å². The van der Waals surface area contributed by atoms with Gasteiger partial charge in [0.25, 0.3) is 10.0 Å². The molecule has 462 valence electrons. The first-order valence-electron chi connectivity index (χ1n) is 28.1. The Morgan fingerprint density at radius 3 is 1.95 bits per heavy atom. The number of hydrogen-bond donors (Lipinski definition) is 10. The van der Waals surface area contributed by atoms with Crippen molar-refractivity contribution in [2.45, 2.75) is 161 Å². The van der Waals surface area contributed by atoms with Crippen LogP contribution >= 0.6 is 0 Å². The van der Waals surface area contributed by atoms with E-state index in [0.29, 0.717) is 57.0 Å². The number of aliphatic imine (C=N–C) groups is 2. The van der Waals surface area contributed by atoms with Crippen molar-refractivity contribution >= 4 is 74.1 Å². The van der Waals surface area contributed by atoms with Gasteiger partial charge in [-0.1, -0.05) is 66.7 Å². The molecule has 0 aliphatic carbocycles. The SMILES string of the molecule is Cc1c(C)c(S(=O)(=O)NC(N)=NCCC[C@H](NC(=O)[C@@H](N)Cc2ccc(N=C(N)NC(=O)OC(C)(C)C)cc2)C(=O)N[C@@H](Cc2ccc3ccccc3c2)C(=O)NCC(=O)N[C@H](Cc2ccc(OC(C)(C)C)cc2)C(=O)O)c(C)c2c1OC(C)(C)C2. The number of hydrogen-bond acceptors (Lipinski definition) is 14. The quantitative estimate of drug-likeness (QED) is 0.0228. The van der Waals surface area contributed by atoms with Gasteiger partial charge in [-0.2, -0.15) is 0 Å². The van der Waals surface area contributed by atoms with Crippen LogP contribution in [0.3, 0.4) is 0 Å². The second-order valence-electron chi connectivity index (χ2n) is 23.9. The maximum atomic E-state index is 14.6. The van der Waals surface area contributed by atoms with Crippen LogP contribution < -0.4 is 58.0 Å². The molecular formula is C62H81N11O12S. The van der Waals surface area contributed by atoms with E-state index in [2.05, 4.69) is 41.3 Å². The van der Waals surface area contributed by atoms with Crippen LogP contribution in [0.1, 0.15) is 107 Å². The van der Waals surface area contributed by atoms with E-state index in [0.717, 1.165) is 16.3 Å². The Kier molecular flexibility index (Phi) is 21.6.